The Morgan fingerprint density at radius 3 is 2.52 bits per heavy atom. The van der Waals surface area contributed by atoms with Crippen molar-refractivity contribution in [2.75, 3.05) is 0 Å². The van der Waals surface area contributed by atoms with Crippen LogP contribution in [0.5, 0.6) is 0 Å². The lowest BCUT2D eigenvalue weighted by molar-refractivity contribution is 0.234. The Bertz CT molecular complexity index is 615. The molecule has 2 aliphatic rings. The number of hydrogen-bond donors (Lipinski definition) is 0. The van der Waals surface area contributed by atoms with Crippen LogP contribution in [0.4, 0.5) is 0 Å². The van der Waals surface area contributed by atoms with Gasteiger partial charge in [0.05, 0.1) is 12.6 Å². The normalized spacial score (nSPS) is 18.4. The molecule has 0 bridgehead atoms. The minimum Gasteiger partial charge on any atom is -0.289 e. The quantitative estimate of drug-likeness (QED) is 0.823. The molecule has 1 aromatic carbocycles. The molecular formula is C15H18ClN5. The van der Waals surface area contributed by atoms with E-state index in [1.165, 1.54) is 31.2 Å². The first-order valence-electron chi connectivity index (χ1n) is 7.55. The van der Waals surface area contributed by atoms with Gasteiger partial charge in [0.25, 0.3) is 0 Å². The number of rotatable bonds is 6. The fourth-order valence-corrected chi connectivity index (χ4v) is 2.80. The zero-order chi connectivity index (χ0) is 14.2. The first-order chi connectivity index (χ1) is 10.3. The summed E-state index contributed by atoms with van der Waals surface area (Å²) in [6.07, 6.45) is 4.97. The van der Waals surface area contributed by atoms with E-state index in [0.29, 0.717) is 12.1 Å². The lowest BCUT2D eigenvalue weighted by Crippen LogP contribution is -2.27. The molecule has 1 aromatic heterocycles. The van der Waals surface area contributed by atoms with E-state index >= 15 is 0 Å². The Morgan fingerprint density at radius 2 is 1.86 bits per heavy atom. The van der Waals surface area contributed by atoms with Crippen molar-refractivity contribution < 1.29 is 0 Å². The lowest BCUT2D eigenvalue weighted by Gasteiger charge is -2.21. The predicted octanol–water partition coefficient (Wildman–Crippen LogP) is 2.83. The molecule has 2 aromatic rings. The molecule has 0 aliphatic heterocycles. The molecule has 110 valence electrons. The molecule has 21 heavy (non-hydrogen) atoms. The Labute approximate surface area is 128 Å². The van der Waals surface area contributed by atoms with Crippen molar-refractivity contribution in [2.45, 2.75) is 50.9 Å². The summed E-state index contributed by atoms with van der Waals surface area (Å²) in [5.74, 6) is 0.998. The second-order valence-corrected chi connectivity index (χ2v) is 6.47. The van der Waals surface area contributed by atoms with Crippen molar-refractivity contribution in [2.24, 2.45) is 0 Å². The topological polar surface area (TPSA) is 46.8 Å². The zero-order valence-electron chi connectivity index (χ0n) is 11.8. The molecule has 0 amide bonds. The molecule has 6 heteroatoms. The number of benzene rings is 1. The highest BCUT2D eigenvalue weighted by Crippen LogP contribution is 2.35. The number of aromatic nitrogens is 4. The van der Waals surface area contributed by atoms with Crippen LogP contribution in [0.3, 0.4) is 0 Å². The van der Waals surface area contributed by atoms with Crippen LogP contribution in [0.25, 0.3) is 0 Å². The van der Waals surface area contributed by atoms with E-state index in [2.05, 4.69) is 32.6 Å². The van der Waals surface area contributed by atoms with E-state index in [1.54, 1.807) is 0 Å². The van der Waals surface area contributed by atoms with Crippen molar-refractivity contribution in [3.63, 3.8) is 0 Å². The van der Waals surface area contributed by atoms with Crippen LogP contribution in [0.15, 0.2) is 24.3 Å². The second-order valence-electron chi connectivity index (χ2n) is 6.03. The van der Waals surface area contributed by atoms with Gasteiger partial charge in [-0.05, 0) is 53.8 Å². The molecule has 5 nitrogen and oxygen atoms in total. The van der Waals surface area contributed by atoms with Crippen molar-refractivity contribution >= 4 is 11.6 Å². The molecule has 4 rings (SSSR count). The van der Waals surface area contributed by atoms with Crippen LogP contribution in [-0.2, 0) is 13.1 Å². The maximum absolute atomic E-state index is 5.96. The molecule has 2 aliphatic carbocycles. The fraction of sp³-hybridized carbons (Fsp3) is 0.533. The van der Waals surface area contributed by atoms with Crippen molar-refractivity contribution in [3.05, 3.63) is 40.7 Å². The summed E-state index contributed by atoms with van der Waals surface area (Å²) in [6.45, 7) is 1.76. The standard InChI is InChI=1S/C15H18ClN5/c16-12-3-1-11(2-4-12)9-20(13-5-6-13)10-15-17-18-19-21(15)14-7-8-14/h1-4,13-14H,5-10H2. The number of halogens is 1. The van der Waals surface area contributed by atoms with E-state index in [0.717, 1.165) is 23.9 Å². The smallest absolute Gasteiger partial charge is 0.165 e. The van der Waals surface area contributed by atoms with Gasteiger partial charge in [0, 0.05) is 17.6 Å². The predicted molar refractivity (Wildman–Crippen MR) is 79.8 cm³/mol. The molecule has 0 spiro atoms. The number of nitrogens with zero attached hydrogens (tertiary/aromatic N) is 5. The molecule has 0 unspecified atom stereocenters. The maximum atomic E-state index is 5.96. The molecule has 2 fully saturated rings. The second kappa shape index (κ2) is 5.39. The van der Waals surface area contributed by atoms with Gasteiger partial charge in [0.2, 0.25) is 0 Å². The van der Waals surface area contributed by atoms with Gasteiger partial charge in [-0.2, -0.15) is 0 Å². The van der Waals surface area contributed by atoms with Gasteiger partial charge < -0.3 is 0 Å². The van der Waals surface area contributed by atoms with Crippen LogP contribution >= 0.6 is 11.6 Å². The minimum absolute atomic E-state index is 0.534. The average Bonchev–Trinajstić information content (AvgIpc) is 3.40. The molecule has 1 heterocycles. The minimum atomic E-state index is 0.534. The van der Waals surface area contributed by atoms with E-state index in [1.807, 2.05) is 16.8 Å². The fourth-order valence-electron chi connectivity index (χ4n) is 2.68. The van der Waals surface area contributed by atoms with Gasteiger partial charge in [0.15, 0.2) is 5.82 Å². The highest BCUT2D eigenvalue weighted by atomic mass is 35.5. The van der Waals surface area contributed by atoms with Gasteiger partial charge >= 0.3 is 0 Å². The Hall–Kier alpha value is -1.46. The van der Waals surface area contributed by atoms with Gasteiger partial charge in [-0.3, -0.25) is 4.90 Å². The number of hydrogen-bond acceptors (Lipinski definition) is 4. The molecule has 0 radical (unpaired) electrons. The summed E-state index contributed by atoms with van der Waals surface area (Å²) in [6, 6.07) is 9.31. The third kappa shape index (κ3) is 3.09. The highest BCUT2D eigenvalue weighted by molar-refractivity contribution is 6.30. The van der Waals surface area contributed by atoms with Crippen LogP contribution in [0, 0.1) is 0 Å². The van der Waals surface area contributed by atoms with Gasteiger partial charge in [-0.1, -0.05) is 23.7 Å². The van der Waals surface area contributed by atoms with Gasteiger partial charge in [-0.15, -0.1) is 5.10 Å². The van der Waals surface area contributed by atoms with Crippen molar-refractivity contribution in [1.29, 1.82) is 0 Å². The van der Waals surface area contributed by atoms with Crippen molar-refractivity contribution in [3.8, 4) is 0 Å². The summed E-state index contributed by atoms with van der Waals surface area (Å²) < 4.78 is 2.01. The SMILES string of the molecule is Clc1ccc(CN(Cc2nnnn2C2CC2)C2CC2)cc1. The van der Waals surface area contributed by atoms with Crippen molar-refractivity contribution in [1.82, 2.24) is 25.1 Å². The lowest BCUT2D eigenvalue weighted by atomic mass is 10.2. The van der Waals surface area contributed by atoms with E-state index < -0.39 is 0 Å². The number of tetrazole rings is 1. The third-order valence-electron chi connectivity index (χ3n) is 4.16. The van der Waals surface area contributed by atoms with E-state index in [-0.39, 0.29) is 0 Å². The Morgan fingerprint density at radius 1 is 1.10 bits per heavy atom. The summed E-state index contributed by atoms with van der Waals surface area (Å²) in [5.41, 5.74) is 1.29. The van der Waals surface area contributed by atoms with Crippen LogP contribution < -0.4 is 0 Å². The molecule has 0 saturated heterocycles. The monoisotopic (exact) mass is 303 g/mol. The summed E-state index contributed by atoms with van der Waals surface area (Å²) in [7, 11) is 0. The van der Waals surface area contributed by atoms with Crippen LogP contribution in [-0.4, -0.2) is 31.1 Å². The summed E-state index contributed by atoms with van der Waals surface area (Å²) in [4.78, 5) is 2.48. The Balaban J connectivity index is 1.49. The Kier molecular flexibility index (Phi) is 3.39. The first kappa shape index (κ1) is 13.2. The zero-order valence-corrected chi connectivity index (χ0v) is 12.6. The molecule has 2 saturated carbocycles. The van der Waals surface area contributed by atoms with E-state index in [4.69, 9.17) is 11.6 Å². The molecule has 0 N–H and O–H groups in total. The molecular weight excluding hydrogens is 286 g/mol. The third-order valence-corrected chi connectivity index (χ3v) is 4.41. The maximum Gasteiger partial charge on any atom is 0.165 e. The van der Waals surface area contributed by atoms with E-state index in [9.17, 15) is 0 Å². The van der Waals surface area contributed by atoms with Gasteiger partial charge in [-0.25, -0.2) is 4.68 Å². The largest absolute Gasteiger partial charge is 0.289 e. The van der Waals surface area contributed by atoms with Crippen LogP contribution in [0.2, 0.25) is 5.02 Å². The van der Waals surface area contributed by atoms with Crippen LogP contribution in [0.1, 0.15) is 43.1 Å². The highest BCUT2D eigenvalue weighted by Gasteiger charge is 2.32. The summed E-state index contributed by atoms with van der Waals surface area (Å²) in [5, 5.41) is 13.0. The first-order valence-corrected chi connectivity index (χ1v) is 7.92. The summed E-state index contributed by atoms with van der Waals surface area (Å²) >= 11 is 5.96. The molecule has 0 atom stereocenters. The average molecular weight is 304 g/mol. The van der Waals surface area contributed by atoms with Gasteiger partial charge in [0.1, 0.15) is 0 Å².